The maximum absolute atomic E-state index is 12.0. The molecule has 116 valence electrons. The highest BCUT2D eigenvalue weighted by molar-refractivity contribution is 5.93. The molecule has 0 radical (unpaired) electrons. The number of carbonyl (C=O) groups excluding carboxylic acids is 1. The van der Waals surface area contributed by atoms with Gasteiger partial charge in [-0.1, -0.05) is 18.2 Å². The minimum absolute atomic E-state index is 0.160. The lowest BCUT2D eigenvalue weighted by molar-refractivity contribution is 0.0723. The van der Waals surface area contributed by atoms with E-state index in [9.17, 15) is 14.7 Å². The maximum atomic E-state index is 12.0. The minimum atomic E-state index is -0.940. The van der Waals surface area contributed by atoms with Gasteiger partial charge in [0.25, 0.3) is 5.75 Å². The molecule has 0 unspecified atom stereocenters. The summed E-state index contributed by atoms with van der Waals surface area (Å²) in [6.07, 6.45) is 0. The Balaban J connectivity index is 2.07. The first-order valence-corrected chi connectivity index (χ1v) is 6.71. The molecule has 1 aromatic heterocycles. The SMILES string of the molecule is COc1ccc2oc(=O)c(OC(=O)c3ccccc3)c(O)c2c1. The number of aromatic hydroxyl groups is 1. The minimum Gasteiger partial charge on any atom is -0.504 e. The van der Waals surface area contributed by atoms with E-state index in [-0.39, 0.29) is 16.5 Å². The lowest BCUT2D eigenvalue weighted by atomic mass is 10.2. The van der Waals surface area contributed by atoms with Crippen LogP contribution in [0.2, 0.25) is 0 Å². The molecule has 2 aromatic carbocycles. The van der Waals surface area contributed by atoms with Gasteiger partial charge in [0, 0.05) is 0 Å². The Morgan fingerprint density at radius 2 is 1.87 bits per heavy atom. The van der Waals surface area contributed by atoms with Gasteiger partial charge in [-0.3, -0.25) is 0 Å². The number of hydrogen-bond donors (Lipinski definition) is 1. The number of ether oxygens (including phenoxy) is 2. The predicted octanol–water partition coefficient (Wildman–Crippen LogP) is 2.73. The summed E-state index contributed by atoms with van der Waals surface area (Å²) in [6, 6.07) is 12.7. The lowest BCUT2D eigenvalue weighted by Gasteiger charge is -2.08. The highest BCUT2D eigenvalue weighted by Gasteiger charge is 2.20. The van der Waals surface area contributed by atoms with Crippen molar-refractivity contribution >= 4 is 16.9 Å². The van der Waals surface area contributed by atoms with Gasteiger partial charge in [-0.05, 0) is 30.3 Å². The van der Waals surface area contributed by atoms with Crippen molar-refractivity contribution in [2.45, 2.75) is 0 Å². The largest absolute Gasteiger partial charge is 0.504 e. The second-order valence-electron chi connectivity index (χ2n) is 4.68. The molecular formula is C17H12O6. The molecule has 0 amide bonds. The van der Waals surface area contributed by atoms with Crippen molar-refractivity contribution in [3.05, 3.63) is 64.5 Å². The first kappa shape index (κ1) is 14.6. The van der Waals surface area contributed by atoms with Crippen LogP contribution >= 0.6 is 0 Å². The van der Waals surface area contributed by atoms with E-state index in [2.05, 4.69) is 0 Å². The van der Waals surface area contributed by atoms with E-state index >= 15 is 0 Å². The van der Waals surface area contributed by atoms with Crippen molar-refractivity contribution in [1.29, 1.82) is 0 Å². The molecular weight excluding hydrogens is 300 g/mol. The van der Waals surface area contributed by atoms with Crippen LogP contribution in [0.3, 0.4) is 0 Å². The molecule has 0 fully saturated rings. The molecule has 0 atom stereocenters. The van der Waals surface area contributed by atoms with E-state index in [0.29, 0.717) is 5.75 Å². The van der Waals surface area contributed by atoms with Crippen LogP contribution in [0.25, 0.3) is 11.0 Å². The van der Waals surface area contributed by atoms with Crippen molar-refractivity contribution < 1.29 is 23.8 Å². The Bertz CT molecular complexity index is 927. The highest BCUT2D eigenvalue weighted by atomic mass is 16.6. The molecule has 3 aromatic rings. The van der Waals surface area contributed by atoms with Crippen molar-refractivity contribution in [3.63, 3.8) is 0 Å². The Kier molecular flexibility index (Phi) is 3.72. The number of esters is 1. The van der Waals surface area contributed by atoms with Crippen LogP contribution in [0.1, 0.15) is 10.4 Å². The molecule has 3 rings (SSSR count). The third-order valence-electron chi connectivity index (χ3n) is 3.25. The van der Waals surface area contributed by atoms with Gasteiger partial charge in [0.2, 0.25) is 0 Å². The number of methoxy groups -OCH3 is 1. The molecule has 0 bridgehead atoms. The van der Waals surface area contributed by atoms with Crippen LogP contribution in [0.15, 0.2) is 57.7 Å². The third-order valence-corrected chi connectivity index (χ3v) is 3.25. The fourth-order valence-electron chi connectivity index (χ4n) is 2.09. The van der Waals surface area contributed by atoms with E-state index in [1.807, 2.05) is 0 Å². The standard InChI is InChI=1S/C17H12O6/c1-21-11-7-8-13-12(9-11)14(18)15(17(20)22-13)23-16(19)10-5-3-2-4-6-10/h2-9,18H,1H3. The van der Waals surface area contributed by atoms with E-state index in [4.69, 9.17) is 13.9 Å². The second kappa shape index (κ2) is 5.84. The molecule has 0 aliphatic rings. The maximum Gasteiger partial charge on any atom is 0.383 e. The average Bonchev–Trinajstić information content (AvgIpc) is 2.59. The zero-order chi connectivity index (χ0) is 16.4. The van der Waals surface area contributed by atoms with Crippen molar-refractivity contribution in [3.8, 4) is 17.2 Å². The van der Waals surface area contributed by atoms with Crippen LogP contribution in [-0.4, -0.2) is 18.2 Å². The van der Waals surface area contributed by atoms with Gasteiger partial charge in [0.1, 0.15) is 11.3 Å². The second-order valence-corrected chi connectivity index (χ2v) is 4.68. The van der Waals surface area contributed by atoms with Gasteiger partial charge < -0.3 is 19.0 Å². The van der Waals surface area contributed by atoms with Gasteiger partial charge in [-0.2, -0.15) is 0 Å². The normalized spacial score (nSPS) is 10.5. The van der Waals surface area contributed by atoms with Crippen LogP contribution < -0.4 is 15.1 Å². The van der Waals surface area contributed by atoms with Crippen LogP contribution in [0.4, 0.5) is 0 Å². The predicted molar refractivity (Wildman–Crippen MR) is 82.1 cm³/mol. The molecule has 0 spiro atoms. The Labute approximate surface area is 130 Å². The molecule has 0 aliphatic heterocycles. The zero-order valence-electron chi connectivity index (χ0n) is 12.1. The van der Waals surface area contributed by atoms with Crippen LogP contribution in [0.5, 0.6) is 17.2 Å². The van der Waals surface area contributed by atoms with Crippen LogP contribution in [0, 0.1) is 0 Å². The van der Waals surface area contributed by atoms with Gasteiger partial charge in [-0.25, -0.2) is 9.59 Å². The summed E-state index contributed by atoms with van der Waals surface area (Å²) in [5.41, 5.74) is -0.533. The third kappa shape index (κ3) is 2.74. The van der Waals surface area contributed by atoms with Gasteiger partial charge in [0.05, 0.1) is 18.1 Å². The first-order chi connectivity index (χ1) is 11.1. The summed E-state index contributed by atoms with van der Waals surface area (Å²) in [5, 5.41) is 10.5. The lowest BCUT2D eigenvalue weighted by Crippen LogP contribution is -2.14. The average molecular weight is 312 g/mol. The highest BCUT2D eigenvalue weighted by Crippen LogP contribution is 2.33. The molecule has 6 heteroatoms. The Morgan fingerprint density at radius 1 is 1.13 bits per heavy atom. The number of hydrogen-bond acceptors (Lipinski definition) is 6. The van der Waals surface area contributed by atoms with Gasteiger partial charge >= 0.3 is 11.6 Å². The molecule has 1 N–H and O–H groups in total. The van der Waals surface area contributed by atoms with E-state index in [1.54, 1.807) is 24.3 Å². The first-order valence-electron chi connectivity index (χ1n) is 6.71. The van der Waals surface area contributed by atoms with Crippen molar-refractivity contribution in [2.75, 3.05) is 7.11 Å². The Morgan fingerprint density at radius 3 is 2.57 bits per heavy atom. The number of fused-ring (bicyclic) bond motifs is 1. The summed E-state index contributed by atoms with van der Waals surface area (Å²) in [7, 11) is 1.47. The van der Waals surface area contributed by atoms with Gasteiger partial charge in [-0.15, -0.1) is 0 Å². The monoisotopic (exact) mass is 312 g/mol. The smallest absolute Gasteiger partial charge is 0.383 e. The number of rotatable bonds is 3. The van der Waals surface area contributed by atoms with Gasteiger partial charge in [0.15, 0.2) is 5.75 Å². The fourth-order valence-corrected chi connectivity index (χ4v) is 2.09. The Hall–Kier alpha value is -3.28. The van der Waals surface area contributed by atoms with E-state index in [1.165, 1.54) is 31.4 Å². The molecule has 6 nitrogen and oxygen atoms in total. The summed E-state index contributed by atoms with van der Waals surface area (Å²) < 4.78 is 15.1. The number of benzene rings is 2. The molecule has 0 saturated heterocycles. The zero-order valence-corrected chi connectivity index (χ0v) is 12.1. The number of carbonyl (C=O) groups is 1. The summed E-state index contributed by atoms with van der Waals surface area (Å²) in [6.45, 7) is 0. The fraction of sp³-hybridized carbons (Fsp3) is 0.0588. The van der Waals surface area contributed by atoms with Crippen molar-refractivity contribution in [1.82, 2.24) is 0 Å². The van der Waals surface area contributed by atoms with E-state index < -0.39 is 23.1 Å². The summed E-state index contributed by atoms with van der Waals surface area (Å²) >= 11 is 0. The molecule has 23 heavy (non-hydrogen) atoms. The molecule has 0 saturated carbocycles. The van der Waals surface area contributed by atoms with Crippen molar-refractivity contribution in [2.24, 2.45) is 0 Å². The quantitative estimate of drug-likeness (QED) is 0.591. The molecule has 0 aliphatic carbocycles. The summed E-state index contributed by atoms with van der Waals surface area (Å²) in [4.78, 5) is 24.0. The summed E-state index contributed by atoms with van der Waals surface area (Å²) in [5.74, 6) is -1.34. The molecule has 1 heterocycles. The topological polar surface area (TPSA) is 86.0 Å². The van der Waals surface area contributed by atoms with Crippen LogP contribution in [-0.2, 0) is 0 Å². The van der Waals surface area contributed by atoms with E-state index in [0.717, 1.165) is 0 Å².